The van der Waals surface area contributed by atoms with E-state index in [9.17, 15) is 18.0 Å². The average Bonchev–Trinajstić information content (AvgIpc) is 2.86. The van der Waals surface area contributed by atoms with E-state index in [1.807, 2.05) is 36.4 Å². The number of halogens is 3. The van der Waals surface area contributed by atoms with Crippen LogP contribution in [0.1, 0.15) is 16.7 Å². The molecule has 2 aromatic carbocycles. The van der Waals surface area contributed by atoms with Crippen molar-refractivity contribution in [3.63, 3.8) is 0 Å². The number of piperazine rings is 1. The zero-order valence-electron chi connectivity index (χ0n) is 18.5. The number of benzene rings is 2. The number of nitrogens with zero attached hydrogens (tertiary/aromatic N) is 3. The van der Waals surface area contributed by atoms with E-state index >= 15 is 0 Å². The lowest BCUT2D eigenvalue weighted by molar-refractivity contribution is -0.137. The van der Waals surface area contributed by atoms with Gasteiger partial charge in [0.1, 0.15) is 0 Å². The van der Waals surface area contributed by atoms with Gasteiger partial charge in [-0.25, -0.2) is 0 Å². The normalized spacial score (nSPS) is 19.9. The van der Waals surface area contributed by atoms with Gasteiger partial charge in [0.2, 0.25) is 5.91 Å². The van der Waals surface area contributed by atoms with Crippen LogP contribution in [0, 0.1) is 5.92 Å². The van der Waals surface area contributed by atoms with Crippen LogP contribution in [0.2, 0.25) is 0 Å². The quantitative estimate of drug-likeness (QED) is 0.624. The molecule has 0 spiro atoms. The predicted molar refractivity (Wildman–Crippen MR) is 125 cm³/mol. The minimum Gasteiger partial charge on any atom is -0.368 e. The molecule has 176 valence electrons. The summed E-state index contributed by atoms with van der Waals surface area (Å²) >= 11 is 0. The van der Waals surface area contributed by atoms with Crippen LogP contribution in [0.3, 0.4) is 0 Å². The monoisotopic (exact) mass is 466 g/mol. The van der Waals surface area contributed by atoms with Gasteiger partial charge in [-0.2, -0.15) is 13.2 Å². The van der Waals surface area contributed by atoms with Gasteiger partial charge < -0.3 is 15.1 Å². The summed E-state index contributed by atoms with van der Waals surface area (Å²) < 4.78 is 40.2. The minimum atomic E-state index is -4.42. The molecular formula is C26H25F3N4O. The molecule has 1 amide bonds. The Hall–Kier alpha value is -3.55. The molecule has 5 nitrogen and oxygen atoms in total. The number of carbonyl (C=O) groups excluding carboxylic acids is 1. The van der Waals surface area contributed by atoms with E-state index < -0.39 is 17.7 Å². The standard InChI is InChI=1S/C26H25F3N4O/c27-26(28,29)20-8-9-23-19(13-20)14-22(25(34)31-16-18-5-4-10-30-15-18)24-17-32(11-12-33(23)24)21-6-2-1-3-7-21/h1-10,13,15,22,24H,11-12,14,16-17H2,(H,31,34)/t22-,24-/m0/s1. The Morgan fingerprint density at radius 1 is 1.06 bits per heavy atom. The lowest BCUT2D eigenvalue weighted by Crippen LogP contribution is -2.61. The molecule has 1 saturated heterocycles. The van der Waals surface area contributed by atoms with E-state index in [-0.39, 0.29) is 18.4 Å². The third-order valence-electron chi connectivity index (χ3n) is 6.69. The highest BCUT2D eigenvalue weighted by atomic mass is 19.4. The van der Waals surface area contributed by atoms with Gasteiger partial charge in [0.15, 0.2) is 0 Å². The molecule has 2 aliphatic rings. The van der Waals surface area contributed by atoms with E-state index in [0.717, 1.165) is 29.5 Å². The zero-order chi connectivity index (χ0) is 23.7. The lowest BCUT2D eigenvalue weighted by atomic mass is 9.82. The molecule has 1 N–H and O–H groups in total. The second kappa shape index (κ2) is 9.00. The first-order valence-corrected chi connectivity index (χ1v) is 11.3. The Kier molecular flexibility index (Phi) is 5.89. The Balaban J connectivity index is 1.44. The first kappa shape index (κ1) is 22.3. The number of hydrogen-bond donors (Lipinski definition) is 1. The first-order chi connectivity index (χ1) is 16.4. The van der Waals surface area contributed by atoms with Crippen molar-refractivity contribution < 1.29 is 18.0 Å². The molecule has 0 saturated carbocycles. The summed E-state index contributed by atoms with van der Waals surface area (Å²) in [6, 6.07) is 17.4. The van der Waals surface area contributed by atoms with Crippen LogP contribution in [-0.2, 0) is 23.9 Å². The Morgan fingerprint density at radius 2 is 1.88 bits per heavy atom. The molecule has 0 radical (unpaired) electrons. The molecule has 0 aliphatic carbocycles. The molecule has 34 heavy (non-hydrogen) atoms. The molecule has 3 aromatic rings. The first-order valence-electron chi connectivity index (χ1n) is 11.3. The maximum absolute atomic E-state index is 13.4. The molecule has 0 unspecified atom stereocenters. The van der Waals surface area contributed by atoms with Crippen molar-refractivity contribution >= 4 is 17.3 Å². The van der Waals surface area contributed by atoms with Gasteiger partial charge in [0.25, 0.3) is 0 Å². The van der Waals surface area contributed by atoms with Gasteiger partial charge in [-0.15, -0.1) is 0 Å². The average molecular weight is 467 g/mol. The molecule has 5 rings (SSSR count). The second-order valence-corrected chi connectivity index (χ2v) is 8.77. The fourth-order valence-electron chi connectivity index (χ4n) is 5.00. The van der Waals surface area contributed by atoms with Gasteiger partial charge in [-0.05, 0) is 53.9 Å². The summed E-state index contributed by atoms with van der Waals surface area (Å²) in [6.07, 6.45) is -0.798. The molecule has 1 aromatic heterocycles. The third kappa shape index (κ3) is 4.44. The predicted octanol–water partition coefficient (Wildman–Crippen LogP) is 4.28. The van der Waals surface area contributed by atoms with Crippen LogP contribution < -0.4 is 15.1 Å². The van der Waals surface area contributed by atoms with E-state index in [1.165, 1.54) is 6.07 Å². The van der Waals surface area contributed by atoms with Crippen LogP contribution in [0.4, 0.5) is 24.5 Å². The van der Waals surface area contributed by atoms with Gasteiger partial charge >= 0.3 is 6.18 Å². The summed E-state index contributed by atoms with van der Waals surface area (Å²) in [5.74, 6) is -0.629. The van der Waals surface area contributed by atoms with Crippen LogP contribution in [0.5, 0.6) is 0 Å². The van der Waals surface area contributed by atoms with Crippen molar-refractivity contribution in [1.82, 2.24) is 10.3 Å². The fourth-order valence-corrected chi connectivity index (χ4v) is 5.00. The smallest absolute Gasteiger partial charge is 0.368 e. The van der Waals surface area contributed by atoms with Gasteiger partial charge in [-0.3, -0.25) is 9.78 Å². The van der Waals surface area contributed by atoms with Crippen LogP contribution in [0.15, 0.2) is 73.1 Å². The van der Waals surface area contributed by atoms with Crippen LogP contribution in [-0.4, -0.2) is 36.6 Å². The number of carbonyl (C=O) groups is 1. The lowest BCUT2D eigenvalue weighted by Gasteiger charge is -2.49. The van der Waals surface area contributed by atoms with Gasteiger partial charge in [0, 0.05) is 49.9 Å². The highest BCUT2D eigenvalue weighted by Gasteiger charge is 2.42. The summed E-state index contributed by atoms with van der Waals surface area (Å²) in [4.78, 5) is 21.8. The van der Waals surface area contributed by atoms with Gasteiger partial charge in [-0.1, -0.05) is 24.3 Å². The molecule has 3 heterocycles. The number of aromatic nitrogens is 1. The number of hydrogen-bond acceptors (Lipinski definition) is 4. The van der Waals surface area contributed by atoms with Gasteiger partial charge in [0.05, 0.1) is 17.5 Å². The summed E-state index contributed by atoms with van der Waals surface area (Å²) in [5, 5.41) is 2.99. The Morgan fingerprint density at radius 3 is 2.62 bits per heavy atom. The van der Waals surface area contributed by atoms with E-state index in [0.29, 0.717) is 25.2 Å². The van der Waals surface area contributed by atoms with Crippen LogP contribution >= 0.6 is 0 Å². The maximum Gasteiger partial charge on any atom is 0.416 e. The second-order valence-electron chi connectivity index (χ2n) is 8.77. The SMILES string of the molecule is O=C(NCc1cccnc1)[C@H]1Cc2cc(C(F)(F)F)ccc2N2CCN(c3ccccc3)C[C@@H]12. The molecule has 0 bridgehead atoms. The number of amides is 1. The Bertz CT molecular complexity index is 1150. The fraction of sp³-hybridized carbons (Fsp3) is 0.308. The number of pyridine rings is 1. The van der Waals surface area contributed by atoms with Crippen molar-refractivity contribution in [3.8, 4) is 0 Å². The molecule has 2 aliphatic heterocycles. The van der Waals surface area contributed by atoms with E-state index in [4.69, 9.17) is 0 Å². The van der Waals surface area contributed by atoms with Crippen LogP contribution in [0.25, 0.3) is 0 Å². The largest absolute Gasteiger partial charge is 0.416 e. The maximum atomic E-state index is 13.4. The summed E-state index contributed by atoms with van der Waals surface area (Å²) in [7, 11) is 0. The molecular weight excluding hydrogens is 441 g/mol. The number of rotatable bonds is 4. The number of para-hydroxylation sites is 1. The van der Waals surface area contributed by atoms with E-state index in [1.54, 1.807) is 24.5 Å². The Labute approximate surface area is 196 Å². The zero-order valence-corrected chi connectivity index (χ0v) is 18.5. The number of nitrogens with one attached hydrogen (secondary N) is 1. The number of anilines is 2. The minimum absolute atomic E-state index is 0.146. The van der Waals surface area contributed by atoms with Crippen molar-refractivity contribution in [2.75, 3.05) is 29.4 Å². The highest BCUT2D eigenvalue weighted by molar-refractivity contribution is 5.82. The number of alkyl halides is 3. The van der Waals surface area contributed by atoms with Crippen molar-refractivity contribution in [3.05, 3.63) is 89.7 Å². The highest BCUT2D eigenvalue weighted by Crippen LogP contribution is 2.40. The van der Waals surface area contributed by atoms with E-state index in [2.05, 4.69) is 20.1 Å². The molecule has 1 fully saturated rings. The summed E-state index contributed by atoms with van der Waals surface area (Å²) in [6.45, 7) is 2.30. The van der Waals surface area contributed by atoms with Crippen molar-refractivity contribution in [1.29, 1.82) is 0 Å². The van der Waals surface area contributed by atoms with Crippen molar-refractivity contribution in [2.45, 2.75) is 25.2 Å². The van der Waals surface area contributed by atoms with Crippen molar-refractivity contribution in [2.24, 2.45) is 5.92 Å². The molecule has 8 heteroatoms. The summed E-state index contributed by atoms with van der Waals surface area (Å²) in [5.41, 5.74) is 2.64. The molecule has 2 atom stereocenters. The third-order valence-corrected chi connectivity index (χ3v) is 6.69. The topological polar surface area (TPSA) is 48.5 Å². The number of fused-ring (bicyclic) bond motifs is 3.